The monoisotopic (exact) mass is 453 g/mol. The third kappa shape index (κ3) is 6.69. The second-order valence-corrected chi connectivity index (χ2v) is 9.29. The predicted octanol–water partition coefficient (Wildman–Crippen LogP) is 6.09. The van der Waals surface area contributed by atoms with Gasteiger partial charge in [0.2, 0.25) is 0 Å². The summed E-state index contributed by atoms with van der Waals surface area (Å²) in [4.78, 5) is 4.83. The summed E-state index contributed by atoms with van der Waals surface area (Å²) in [5.41, 5.74) is 7.84. The molecule has 1 heterocycles. The highest BCUT2D eigenvalue weighted by atomic mass is 32.1. The SMILES string of the molecule is CCCCN1CCCc2cc(CN(CCCOC)C(=S)Nc3ccc(C)c(C)c3)ccc21. The van der Waals surface area contributed by atoms with Crippen LogP contribution in [0.25, 0.3) is 0 Å². The van der Waals surface area contributed by atoms with Crippen molar-refractivity contribution in [2.45, 2.75) is 59.4 Å². The van der Waals surface area contributed by atoms with E-state index in [-0.39, 0.29) is 0 Å². The summed E-state index contributed by atoms with van der Waals surface area (Å²) < 4.78 is 5.29. The highest BCUT2D eigenvalue weighted by Gasteiger charge is 2.18. The van der Waals surface area contributed by atoms with E-state index >= 15 is 0 Å². The minimum atomic E-state index is 0.735. The topological polar surface area (TPSA) is 27.7 Å². The van der Waals surface area contributed by atoms with Crippen molar-refractivity contribution in [2.24, 2.45) is 0 Å². The number of nitrogens with zero attached hydrogens (tertiary/aromatic N) is 2. The molecule has 32 heavy (non-hydrogen) atoms. The van der Waals surface area contributed by atoms with Crippen LogP contribution in [0, 0.1) is 13.8 Å². The van der Waals surface area contributed by atoms with Crippen LogP contribution in [-0.4, -0.2) is 43.4 Å². The summed E-state index contributed by atoms with van der Waals surface area (Å²) in [7, 11) is 1.75. The number of unbranched alkanes of at least 4 members (excludes halogenated alkanes) is 1. The average molecular weight is 454 g/mol. The van der Waals surface area contributed by atoms with Gasteiger partial charge in [0.05, 0.1) is 0 Å². The molecule has 5 heteroatoms. The van der Waals surface area contributed by atoms with Crippen LogP contribution in [0.2, 0.25) is 0 Å². The van der Waals surface area contributed by atoms with Gasteiger partial charge >= 0.3 is 0 Å². The summed E-state index contributed by atoms with van der Waals surface area (Å²) in [5.74, 6) is 0. The van der Waals surface area contributed by atoms with Gasteiger partial charge in [0.1, 0.15) is 0 Å². The number of hydrogen-bond donors (Lipinski definition) is 1. The van der Waals surface area contributed by atoms with Crippen LogP contribution in [-0.2, 0) is 17.7 Å². The van der Waals surface area contributed by atoms with Crippen molar-refractivity contribution in [1.82, 2.24) is 4.90 Å². The van der Waals surface area contributed by atoms with Gasteiger partial charge in [-0.05, 0) is 92.2 Å². The van der Waals surface area contributed by atoms with E-state index in [1.165, 1.54) is 60.2 Å². The number of nitrogens with one attached hydrogen (secondary N) is 1. The number of hydrogen-bond acceptors (Lipinski definition) is 3. The number of thiocarbonyl (C=S) groups is 1. The van der Waals surface area contributed by atoms with Crippen LogP contribution < -0.4 is 10.2 Å². The predicted molar refractivity (Wildman–Crippen MR) is 141 cm³/mol. The van der Waals surface area contributed by atoms with Gasteiger partial charge in [0.25, 0.3) is 0 Å². The molecule has 174 valence electrons. The Balaban J connectivity index is 1.73. The molecule has 0 spiro atoms. The van der Waals surface area contributed by atoms with E-state index in [0.717, 1.165) is 43.5 Å². The fraction of sp³-hybridized carbons (Fsp3) is 0.519. The quantitative estimate of drug-likeness (QED) is 0.347. The molecule has 0 bridgehead atoms. The van der Waals surface area contributed by atoms with Crippen LogP contribution in [0.4, 0.5) is 11.4 Å². The fourth-order valence-electron chi connectivity index (χ4n) is 4.30. The number of methoxy groups -OCH3 is 1. The molecule has 1 N–H and O–H groups in total. The number of ether oxygens (including phenoxy) is 1. The maximum absolute atomic E-state index is 5.84. The Hall–Kier alpha value is -2.11. The molecule has 1 aliphatic rings. The molecule has 2 aromatic carbocycles. The number of rotatable bonds is 10. The Morgan fingerprint density at radius 2 is 1.97 bits per heavy atom. The van der Waals surface area contributed by atoms with Gasteiger partial charge in [-0.1, -0.05) is 31.5 Å². The van der Waals surface area contributed by atoms with Gasteiger partial charge in [-0.15, -0.1) is 0 Å². The first kappa shape index (κ1) is 24.5. The molecule has 0 aliphatic carbocycles. The third-order valence-electron chi connectivity index (χ3n) is 6.34. The molecule has 4 nitrogen and oxygen atoms in total. The standard InChI is InChI=1S/C27H39N3OS/c1-5-6-14-29-15-7-9-24-19-23(11-13-26(24)29)20-30(16-8-17-31-4)27(32)28-25-12-10-21(2)22(3)18-25/h10-13,18-19H,5-9,14-17,20H2,1-4H3,(H,28,32). The van der Waals surface area contributed by atoms with Crippen LogP contribution in [0.15, 0.2) is 36.4 Å². The zero-order valence-corrected chi connectivity index (χ0v) is 21.1. The molecule has 0 saturated carbocycles. The van der Waals surface area contributed by atoms with Crippen molar-refractivity contribution < 1.29 is 4.74 Å². The number of aryl methyl sites for hydroxylation is 3. The van der Waals surface area contributed by atoms with Crippen molar-refractivity contribution in [3.63, 3.8) is 0 Å². The lowest BCUT2D eigenvalue weighted by Gasteiger charge is -2.32. The fourth-order valence-corrected chi connectivity index (χ4v) is 4.58. The highest BCUT2D eigenvalue weighted by Crippen LogP contribution is 2.29. The van der Waals surface area contributed by atoms with Crippen molar-refractivity contribution in [3.05, 3.63) is 58.7 Å². The molecule has 1 aliphatic heterocycles. The molecule has 2 aromatic rings. The van der Waals surface area contributed by atoms with Gasteiger partial charge in [-0.3, -0.25) is 0 Å². The zero-order valence-electron chi connectivity index (χ0n) is 20.2. The van der Waals surface area contributed by atoms with Crippen LogP contribution in [0.1, 0.15) is 54.9 Å². The smallest absolute Gasteiger partial charge is 0.173 e. The van der Waals surface area contributed by atoms with E-state index in [1.54, 1.807) is 7.11 Å². The van der Waals surface area contributed by atoms with Crippen LogP contribution >= 0.6 is 12.2 Å². The van der Waals surface area contributed by atoms with Crippen LogP contribution in [0.5, 0.6) is 0 Å². The van der Waals surface area contributed by atoms with E-state index < -0.39 is 0 Å². The minimum Gasteiger partial charge on any atom is -0.385 e. The Labute approximate surface area is 199 Å². The van der Waals surface area contributed by atoms with E-state index in [0.29, 0.717) is 0 Å². The second-order valence-electron chi connectivity index (χ2n) is 8.90. The van der Waals surface area contributed by atoms with Gasteiger partial charge in [0.15, 0.2) is 5.11 Å². The molecule has 0 atom stereocenters. The second kappa shape index (κ2) is 12.2. The van der Waals surface area contributed by atoms with E-state index in [2.05, 4.69) is 72.3 Å². The number of benzene rings is 2. The third-order valence-corrected chi connectivity index (χ3v) is 6.70. The maximum Gasteiger partial charge on any atom is 0.173 e. The molecule has 0 fully saturated rings. The zero-order chi connectivity index (χ0) is 22.9. The lowest BCUT2D eigenvalue weighted by molar-refractivity contribution is 0.185. The minimum absolute atomic E-state index is 0.735. The molecule has 3 rings (SSSR count). The molecule has 0 aromatic heterocycles. The summed E-state index contributed by atoms with van der Waals surface area (Å²) >= 11 is 5.84. The average Bonchev–Trinajstić information content (AvgIpc) is 2.79. The Morgan fingerprint density at radius 1 is 1.12 bits per heavy atom. The Bertz CT molecular complexity index is 898. The Kier molecular flexibility index (Phi) is 9.36. The van der Waals surface area contributed by atoms with Gasteiger partial charge in [0, 0.05) is 51.3 Å². The molecule has 0 amide bonds. The Morgan fingerprint density at radius 3 is 2.72 bits per heavy atom. The van der Waals surface area contributed by atoms with E-state index in [4.69, 9.17) is 17.0 Å². The summed E-state index contributed by atoms with van der Waals surface area (Å²) in [5, 5.41) is 4.23. The van der Waals surface area contributed by atoms with Gasteiger partial charge < -0.3 is 19.9 Å². The normalized spacial score (nSPS) is 13.1. The van der Waals surface area contributed by atoms with Crippen LogP contribution in [0.3, 0.4) is 0 Å². The van der Waals surface area contributed by atoms with Crippen molar-refractivity contribution in [2.75, 3.05) is 43.6 Å². The van der Waals surface area contributed by atoms with E-state index in [9.17, 15) is 0 Å². The lowest BCUT2D eigenvalue weighted by atomic mass is 9.98. The first-order chi connectivity index (χ1) is 15.5. The van der Waals surface area contributed by atoms with Gasteiger partial charge in [-0.2, -0.15) is 0 Å². The summed E-state index contributed by atoms with van der Waals surface area (Å²) in [6.45, 7) is 11.3. The summed E-state index contributed by atoms with van der Waals surface area (Å²) in [6.07, 6.45) is 5.85. The molecular formula is C27H39N3OS. The summed E-state index contributed by atoms with van der Waals surface area (Å²) in [6, 6.07) is 13.4. The maximum atomic E-state index is 5.84. The first-order valence-electron chi connectivity index (χ1n) is 12.0. The van der Waals surface area contributed by atoms with Crippen molar-refractivity contribution in [1.29, 1.82) is 0 Å². The lowest BCUT2D eigenvalue weighted by Crippen LogP contribution is -2.35. The van der Waals surface area contributed by atoms with E-state index in [1.807, 2.05) is 0 Å². The molecule has 0 unspecified atom stereocenters. The van der Waals surface area contributed by atoms with Crippen molar-refractivity contribution in [3.8, 4) is 0 Å². The van der Waals surface area contributed by atoms with Gasteiger partial charge in [-0.25, -0.2) is 0 Å². The number of fused-ring (bicyclic) bond motifs is 1. The first-order valence-corrected chi connectivity index (χ1v) is 12.4. The molecular weight excluding hydrogens is 414 g/mol. The number of anilines is 2. The van der Waals surface area contributed by atoms with Crippen molar-refractivity contribution >= 4 is 28.7 Å². The molecule has 0 saturated heterocycles. The highest BCUT2D eigenvalue weighted by molar-refractivity contribution is 7.80. The largest absolute Gasteiger partial charge is 0.385 e. The molecule has 0 radical (unpaired) electrons.